The number of aryl methyl sites for hydroxylation is 1. The van der Waals surface area contributed by atoms with Gasteiger partial charge in [0.2, 0.25) is 0 Å². The first-order valence-electron chi connectivity index (χ1n) is 4.64. The van der Waals surface area contributed by atoms with E-state index in [1.165, 1.54) is 6.92 Å². The fraction of sp³-hybridized carbons (Fsp3) is 0.455. The van der Waals surface area contributed by atoms with Crippen LogP contribution in [0.2, 0.25) is 0 Å². The minimum absolute atomic E-state index is 0.172. The summed E-state index contributed by atoms with van der Waals surface area (Å²) in [6.45, 7) is 3.29. The average molecular weight is 278 g/mol. The number of hydrogen-bond donors (Lipinski definition) is 1. The lowest BCUT2D eigenvalue weighted by atomic mass is 9.94. The van der Waals surface area contributed by atoms with Crippen LogP contribution in [0.3, 0.4) is 0 Å². The van der Waals surface area contributed by atoms with Crippen molar-refractivity contribution in [2.24, 2.45) is 5.73 Å². The third-order valence-electron chi connectivity index (χ3n) is 2.19. The van der Waals surface area contributed by atoms with Crippen molar-refractivity contribution in [3.05, 3.63) is 33.8 Å². The normalized spacial score (nSPS) is 15.4. The maximum absolute atomic E-state index is 12.6. The molecule has 1 unspecified atom stereocenters. The molecule has 84 valence electrons. The van der Waals surface area contributed by atoms with Crippen LogP contribution in [0, 0.1) is 6.92 Å². The minimum Gasteiger partial charge on any atom is -0.320 e. The van der Waals surface area contributed by atoms with Gasteiger partial charge in [0.15, 0.2) is 0 Å². The van der Waals surface area contributed by atoms with E-state index in [0.717, 1.165) is 15.6 Å². The molecular formula is C11H14BrF2N. The lowest BCUT2D eigenvalue weighted by Crippen LogP contribution is -2.45. The first kappa shape index (κ1) is 12.6. The summed E-state index contributed by atoms with van der Waals surface area (Å²) in [5.41, 5.74) is 5.92. The maximum atomic E-state index is 12.6. The monoisotopic (exact) mass is 277 g/mol. The zero-order valence-corrected chi connectivity index (χ0v) is 10.3. The molecule has 0 radical (unpaired) electrons. The highest BCUT2D eigenvalue weighted by atomic mass is 79.9. The number of benzene rings is 1. The molecule has 2 N–H and O–H groups in total. The molecule has 0 aliphatic rings. The van der Waals surface area contributed by atoms with E-state index in [2.05, 4.69) is 15.9 Å². The highest BCUT2D eigenvalue weighted by Crippen LogP contribution is 2.22. The van der Waals surface area contributed by atoms with Crippen LogP contribution in [0.1, 0.15) is 18.1 Å². The third-order valence-corrected chi connectivity index (χ3v) is 2.64. The van der Waals surface area contributed by atoms with Gasteiger partial charge in [0.1, 0.15) is 0 Å². The fourth-order valence-electron chi connectivity index (χ4n) is 1.43. The molecule has 0 bridgehead atoms. The van der Waals surface area contributed by atoms with Crippen LogP contribution in [0.25, 0.3) is 0 Å². The molecule has 0 amide bonds. The molecule has 0 aromatic heterocycles. The highest BCUT2D eigenvalue weighted by molar-refractivity contribution is 9.10. The van der Waals surface area contributed by atoms with Gasteiger partial charge >= 0.3 is 0 Å². The zero-order valence-electron chi connectivity index (χ0n) is 8.73. The molecule has 1 aromatic carbocycles. The summed E-state index contributed by atoms with van der Waals surface area (Å²) in [6.07, 6.45) is -2.35. The molecule has 1 aromatic rings. The largest absolute Gasteiger partial charge is 0.320 e. The second-order valence-corrected chi connectivity index (χ2v) is 5.04. The summed E-state index contributed by atoms with van der Waals surface area (Å²) in [7, 11) is 0. The number of alkyl halides is 2. The van der Waals surface area contributed by atoms with Crippen molar-refractivity contribution in [1.29, 1.82) is 0 Å². The van der Waals surface area contributed by atoms with Gasteiger partial charge in [-0.05, 0) is 43.5 Å². The molecule has 4 heteroatoms. The number of rotatable bonds is 3. The maximum Gasteiger partial charge on any atom is 0.256 e. The van der Waals surface area contributed by atoms with Crippen molar-refractivity contribution < 1.29 is 8.78 Å². The first-order valence-corrected chi connectivity index (χ1v) is 5.43. The van der Waals surface area contributed by atoms with E-state index in [-0.39, 0.29) is 6.42 Å². The molecule has 1 atom stereocenters. The van der Waals surface area contributed by atoms with Gasteiger partial charge in [-0.15, -0.1) is 0 Å². The van der Waals surface area contributed by atoms with Gasteiger partial charge in [0.25, 0.3) is 6.43 Å². The summed E-state index contributed by atoms with van der Waals surface area (Å²) in [5.74, 6) is 0. The van der Waals surface area contributed by atoms with Crippen LogP contribution in [0.5, 0.6) is 0 Å². The van der Waals surface area contributed by atoms with Gasteiger partial charge in [-0.3, -0.25) is 0 Å². The number of nitrogens with two attached hydrogens (primary N) is 1. The van der Waals surface area contributed by atoms with E-state index < -0.39 is 12.0 Å². The van der Waals surface area contributed by atoms with Gasteiger partial charge in [0, 0.05) is 4.47 Å². The lowest BCUT2D eigenvalue weighted by molar-refractivity contribution is 0.0639. The second-order valence-electron chi connectivity index (χ2n) is 4.12. The minimum atomic E-state index is -2.52. The molecule has 1 nitrogen and oxygen atoms in total. The Morgan fingerprint density at radius 2 is 2.00 bits per heavy atom. The Bertz CT molecular complexity index is 330. The summed E-state index contributed by atoms with van der Waals surface area (Å²) < 4.78 is 26.0. The summed E-state index contributed by atoms with van der Waals surface area (Å²) in [5, 5.41) is 0. The smallest absolute Gasteiger partial charge is 0.256 e. The Morgan fingerprint density at radius 3 is 2.47 bits per heavy atom. The van der Waals surface area contributed by atoms with Gasteiger partial charge in [-0.2, -0.15) is 0 Å². The SMILES string of the molecule is Cc1cc(Br)cc(CC(C)(N)C(F)F)c1. The standard InChI is InChI=1S/C11H14BrF2N/c1-7-3-8(5-9(12)4-7)6-11(2,15)10(13)14/h3-5,10H,6,15H2,1-2H3. The quantitative estimate of drug-likeness (QED) is 0.902. The molecule has 1 rings (SSSR count). The molecular weight excluding hydrogens is 264 g/mol. The second kappa shape index (κ2) is 4.58. The van der Waals surface area contributed by atoms with E-state index in [1.54, 1.807) is 0 Å². The van der Waals surface area contributed by atoms with Crippen LogP contribution in [-0.4, -0.2) is 12.0 Å². The van der Waals surface area contributed by atoms with Crippen LogP contribution < -0.4 is 5.73 Å². The van der Waals surface area contributed by atoms with Gasteiger partial charge in [-0.1, -0.05) is 22.0 Å². The Hall–Kier alpha value is -0.480. The Labute approximate surface area is 96.8 Å². The van der Waals surface area contributed by atoms with Crippen molar-refractivity contribution in [1.82, 2.24) is 0 Å². The van der Waals surface area contributed by atoms with Crippen LogP contribution in [-0.2, 0) is 6.42 Å². The summed E-state index contributed by atoms with van der Waals surface area (Å²) >= 11 is 3.33. The molecule has 0 aliphatic heterocycles. The van der Waals surface area contributed by atoms with E-state index in [0.29, 0.717) is 0 Å². The van der Waals surface area contributed by atoms with Crippen LogP contribution in [0.4, 0.5) is 8.78 Å². The van der Waals surface area contributed by atoms with Gasteiger partial charge in [-0.25, -0.2) is 8.78 Å². The average Bonchev–Trinajstić information content (AvgIpc) is 1.99. The van der Waals surface area contributed by atoms with Crippen molar-refractivity contribution in [2.75, 3.05) is 0 Å². The van der Waals surface area contributed by atoms with Crippen molar-refractivity contribution in [2.45, 2.75) is 32.2 Å². The molecule has 0 fully saturated rings. The predicted octanol–water partition coefficient (Wildman–Crippen LogP) is 3.28. The molecule has 0 aliphatic carbocycles. The fourth-order valence-corrected chi connectivity index (χ4v) is 2.09. The van der Waals surface area contributed by atoms with E-state index in [4.69, 9.17) is 5.73 Å². The lowest BCUT2D eigenvalue weighted by Gasteiger charge is -2.23. The molecule has 0 saturated carbocycles. The molecule has 0 heterocycles. The Morgan fingerprint density at radius 1 is 1.40 bits per heavy atom. The van der Waals surface area contributed by atoms with Crippen molar-refractivity contribution in [3.63, 3.8) is 0 Å². The third kappa shape index (κ3) is 3.54. The Kier molecular flexibility index (Phi) is 3.84. The van der Waals surface area contributed by atoms with Crippen molar-refractivity contribution in [3.8, 4) is 0 Å². The zero-order chi connectivity index (χ0) is 11.6. The summed E-state index contributed by atoms with van der Waals surface area (Å²) in [4.78, 5) is 0. The number of halogens is 3. The predicted molar refractivity (Wildman–Crippen MR) is 61.2 cm³/mol. The molecule has 0 saturated heterocycles. The van der Waals surface area contributed by atoms with E-state index in [9.17, 15) is 8.78 Å². The van der Waals surface area contributed by atoms with Gasteiger partial charge in [0.05, 0.1) is 5.54 Å². The molecule has 0 spiro atoms. The molecule has 15 heavy (non-hydrogen) atoms. The summed E-state index contributed by atoms with van der Waals surface area (Å²) in [6, 6.07) is 5.62. The number of hydrogen-bond acceptors (Lipinski definition) is 1. The van der Waals surface area contributed by atoms with Crippen LogP contribution >= 0.6 is 15.9 Å². The highest BCUT2D eigenvalue weighted by Gasteiger charge is 2.30. The topological polar surface area (TPSA) is 26.0 Å². The van der Waals surface area contributed by atoms with E-state index >= 15 is 0 Å². The first-order chi connectivity index (χ1) is 6.81. The Balaban J connectivity index is 2.89. The van der Waals surface area contributed by atoms with E-state index in [1.807, 2.05) is 25.1 Å². The van der Waals surface area contributed by atoms with Gasteiger partial charge < -0.3 is 5.73 Å². The van der Waals surface area contributed by atoms with Crippen LogP contribution in [0.15, 0.2) is 22.7 Å². The van der Waals surface area contributed by atoms with Crippen molar-refractivity contribution >= 4 is 15.9 Å².